The Kier molecular flexibility index (Phi) is 6.38. The molecule has 0 aliphatic carbocycles. The van der Waals surface area contributed by atoms with E-state index in [-0.39, 0.29) is 23.6 Å². The third-order valence-corrected chi connectivity index (χ3v) is 6.83. The first-order valence-corrected chi connectivity index (χ1v) is 12.1. The van der Waals surface area contributed by atoms with Gasteiger partial charge in [-0.15, -0.1) is 0 Å². The Morgan fingerprint density at radius 1 is 1.09 bits per heavy atom. The maximum Gasteiger partial charge on any atom is 0.222 e. The number of aromatic amines is 1. The van der Waals surface area contributed by atoms with Gasteiger partial charge in [-0.3, -0.25) is 14.7 Å². The highest BCUT2D eigenvalue weighted by Gasteiger charge is 2.25. The number of nitrogens with zero attached hydrogens (tertiary/aromatic N) is 6. The number of benzene rings is 1. The lowest BCUT2D eigenvalue weighted by Crippen LogP contribution is -2.49. The van der Waals surface area contributed by atoms with Crippen molar-refractivity contribution in [1.82, 2.24) is 24.8 Å². The van der Waals surface area contributed by atoms with E-state index in [0.29, 0.717) is 79.4 Å². The fraction of sp³-hybridized carbons (Fsp3) is 0.440. The van der Waals surface area contributed by atoms with Crippen molar-refractivity contribution in [2.24, 2.45) is 4.99 Å². The maximum absolute atomic E-state index is 14.7. The number of carbonyl (C=O) groups is 1. The number of aromatic nitrogens is 3. The molecule has 0 unspecified atom stereocenters. The molecule has 1 fully saturated rings. The van der Waals surface area contributed by atoms with Crippen molar-refractivity contribution < 1.29 is 14.3 Å². The zero-order chi connectivity index (χ0) is 24.5. The van der Waals surface area contributed by atoms with Gasteiger partial charge in [0.05, 0.1) is 16.6 Å². The summed E-state index contributed by atoms with van der Waals surface area (Å²) in [4.78, 5) is 35.3. The van der Waals surface area contributed by atoms with Gasteiger partial charge < -0.3 is 19.9 Å². The maximum atomic E-state index is 14.7. The quantitative estimate of drug-likeness (QED) is 0.556. The van der Waals surface area contributed by atoms with Crippen LogP contribution < -0.4 is 4.90 Å². The van der Waals surface area contributed by atoms with Crippen molar-refractivity contribution in [3.05, 3.63) is 41.5 Å². The van der Waals surface area contributed by atoms with Crippen LogP contribution in [0.4, 0.5) is 15.9 Å². The highest BCUT2D eigenvalue weighted by Crippen LogP contribution is 2.32. The number of rotatable bonds is 1. The second-order valence-electron chi connectivity index (χ2n) is 9.38. The Hall–Kier alpha value is -3.53. The van der Waals surface area contributed by atoms with E-state index < -0.39 is 0 Å². The molecule has 2 aromatic heterocycles. The van der Waals surface area contributed by atoms with Crippen molar-refractivity contribution >= 4 is 34.7 Å². The lowest BCUT2D eigenvalue weighted by molar-refractivity contribution is -0.131. The number of piperazine rings is 1. The van der Waals surface area contributed by atoms with Crippen molar-refractivity contribution in [1.29, 1.82) is 0 Å². The number of hydrogen-bond acceptors (Lipinski definition) is 7. The summed E-state index contributed by atoms with van der Waals surface area (Å²) in [6.07, 6.45) is 4.21. The number of anilines is 1. The number of nitrogens with one attached hydrogen (secondary N) is 1. The second kappa shape index (κ2) is 9.61. The van der Waals surface area contributed by atoms with E-state index in [1.807, 2.05) is 4.90 Å². The number of amides is 1. The third-order valence-electron chi connectivity index (χ3n) is 6.83. The minimum absolute atomic E-state index is 0.0537. The van der Waals surface area contributed by atoms with Gasteiger partial charge in [0.2, 0.25) is 5.91 Å². The lowest BCUT2D eigenvalue weighted by atomic mass is 10.1. The zero-order valence-corrected chi connectivity index (χ0v) is 20.0. The molecule has 0 radical (unpaired) electrons. The molecule has 3 aliphatic rings. The standard InChI is InChI=1S/C25H30FN7O2/c1-16(2)33-7-3-4-21(34)31-8-10-32(11-9-31)24-22-19(25(35)30-23(22)28-15-29-24)13-27-18-5-6-20(26)17(12-18)14-33/h5-6,12-13,15-16,35H,3-4,7-11,14H2,1-2H3,(H,28,29,30). The molecule has 3 aromatic rings. The molecule has 35 heavy (non-hydrogen) atoms. The van der Waals surface area contributed by atoms with Crippen molar-refractivity contribution in [2.75, 3.05) is 37.6 Å². The summed E-state index contributed by atoms with van der Waals surface area (Å²) in [6, 6.07) is 4.97. The number of aliphatic imine (C=N–C) groups is 1. The van der Waals surface area contributed by atoms with Gasteiger partial charge in [-0.1, -0.05) is 0 Å². The number of aromatic hydroxyl groups is 1. The highest BCUT2D eigenvalue weighted by molar-refractivity contribution is 6.06. The SMILES string of the molecule is CC(C)N1CCCC(=O)N2CCN(CC2)c2ncnc3[nH]c(O)c(c23)C=Nc2ccc(F)c(c2)C1. The normalized spacial score (nSPS) is 17.9. The molecule has 184 valence electrons. The van der Waals surface area contributed by atoms with Crippen LogP contribution in [0.1, 0.15) is 37.8 Å². The average Bonchev–Trinajstić information content (AvgIpc) is 3.18. The Balaban J connectivity index is 1.58. The van der Waals surface area contributed by atoms with Gasteiger partial charge in [-0.05, 0) is 45.0 Å². The van der Waals surface area contributed by atoms with Gasteiger partial charge in [-0.2, -0.15) is 0 Å². The summed E-state index contributed by atoms with van der Waals surface area (Å²) in [6.45, 7) is 7.77. The molecule has 1 aromatic carbocycles. The number of carbonyl (C=O) groups excluding carboxylic acids is 1. The largest absolute Gasteiger partial charge is 0.494 e. The van der Waals surface area contributed by atoms with E-state index in [4.69, 9.17) is 0 Å². The molecule has 9 nitrogen and oxygen atoms in total. The molecule has 5 heterocycles. The summed E-state index contributed by atoms with van der Waals surface area (Å²) < 4.78 is 14.7. The number of fused-ring (bicyclic) bond motifs is 7. The smallest absolute Gasteiger partial charge is 0.222 e. The number of hydrogen-bond donors (Lipinski definition) is 2. The Bertz CT molecular complexity index is 1260. The predicted molar refractivity (Wildman–Crippen MR) is 133 cm³/mol. The zero-order valence-electron chi connectivity index (χ0n) is 20.0. The van der Waals surface area contributed by atoms with Gasteiger partial charge in [0.15, 0.2) is 5.88 Å². The van der Waals surface area contributed by atoms with E-state index >= 15 is 0 Å². The van der Waals surface area contributed by atoms with Crippen LogP contribution in [0.25, 0.3) is 11.0 Å². The molecule has 1 amide bonds. The first-order valence-electron chi connectivity index (χ1n) is 12.1. The Morgan fingerprint density at radius 2 is 1.86 bits per heavy atom. The molecular formula is C25H30FN7O2. The topological polar surface area (TPSA) is 101 Å². The second-order valence-corrected chi connectivity index (χ2v) is 9.38. The molecule has 0 atom stereocenters. The van der Waals surface area contributed by atoms with Gasteiger partial charge in [0, 0.05) is 57.0 Å². The molecule has 1 saturated heterocycles. The van der Waals surface area contributed by atoms with E-state index in [2.05, 4.69) is 43.6 Å². The highest BCUT2D eigenvalue weighted by atomic mass is 19.1. The first-order chi connectivity index (χ1) is 16.9. The lowest BCUT2D eigenvalue weighted by Gasteiger charge is -2.36. The number of halogens is 1. The molecule has 6 rings (SSSR count). The Labute approximate surface area is 203 Å². The van der Waals surface area contributed by atoms with Crippen LogP contribution in [0.5, 0.6) is 5.88 Å². The minimum atomic E-state index is -0.290. The summed E-state index contributed by atoms with van der Waals surface area (Å²) >= 11 is 0. The molecule has 0 spiro atoms. The van der Waals surface area contributed by atoms with Crippen molar-refractivity contribution in [3.63, 3.8) is 0 Å². The van der Waals surface area contributed by atoms with Crippen LogP contribution in [0.2, 0.25) is 0 Å². The van der Waals surface area contributed by atoms with Crippen LogP contribution in [0, 0.1) is 5.82 Å². The van der Waals surface area contributed by atoms with Gasteiger partial charge in [0.1, 0.15) is 23.6 Å². The summed E-state index contributed by atoms with van der Waals surface area (Å²) in [5.41, 5.74) is 2.11. The summed E-state index contributed by atoms with van der Waals surface area (Å²) in [7, 11) is 0. The molecule has 4 bridgehead atoms. The van der Waals surface area contributed by atoms with Gasteiger partial charge in [0.25, 0.3) is 0 Å². The van der Waals surface area contributed by atoms with Crippen LogP contribution in [0.15, 0.2) is 29.5 Å². The molecule has 3 aliphatic heterocycles. The average molecular weight is 480 g/mol. The fourth-order valence-corrected chi connectivity index (χ4v) is 4.78. The minimum Gasteiger partial charge on any atom is -0.494 e. The predicted octanol–water partition coefficient (Wildman–Crippen LogP) is 3.21. The first kappa shape index (κ1) is 23.2. The monoisotopic (exact) mass is 479 g/mol. The molecule has 2 N–H and O–H groups in total. The van der Waals surface area contributed by atoms with E-state index in [1.165, 1.54) is 12.4 Å². The van der Waals surface area contributed by atoms with E-state index in [1.54, 1.807) is 18.3 Å². The van der Waals surface area contributed by atoms with Gasteiger partial charge >= 0.3 is 0 Å². The van der Waals surface area contributed by atoms with E-state index in [0.717, 1.165) is 6.42 Å². The molecule has 10 heteroatoms. The van der Waals surface area contributed by atoms with Crippen LogP contribution >= 0.6 is 0 Å². The van der Waals surface area contributed by atoms with Crippen LogP contribution in [0.3, 0.4) is 0 Å². The third kappa shape index (κ3) is 4.70. The molecular weight excluding hydrogens is 449 g/mol. The number of H-pyrrole nitrogens is 1. The van der Waals surface area contributed by atoms with E-state index in [9.17, 15) is 14.3 Å². The fourth-order valence-electron chi connectivity index (χ4n) is 4.78. The van der Waals surface area contributed by atoms with Crippen LogP contribution in [-0.4, -0.2) is 80.7 Å². The van der Waals surface area contributed by atoms with Crippen molar-refractivity contribution in [2.45, 2.75) is 39.3 Å². The summed E-state index contributed by atoms with van der Waals surface area (Å²) in [5, 5.41) is 11.3. The molecule has 0 saturated carbocycles. The van der Waals surface area contributed by atoms with Gasteiger partial charge in [-0.25, -0.2) is 14.4 Å². The summed E-state index contributed by atoms with van der Waals surface area (Å²) in [5.74, 6) is 0.486. The van der Waals surface area contributed by atoms with Crippen molar-refractivity contribution in [3.8, 4) is 5.88 Å². The van der Waals surface area contributed by atoms with Crippen LogP contribution in [-0.2, 0) is 11.3 Å². The Morgan fingerprint density at radius 3 is 2.63 bits per heavy atom.